The lowest BCUT2D eigenvalue weighted by Crippen LogP contribution is -2.06. The fourth-order valence-electron chi connectivity index (χ4n) is 0.897. The molecule has 0 spiro atoms. The minimum absolute atomic E-state index is 0.323. The van der Waals surface area contributed by atoms with Crippen LogP contribution in [0.4, 0.5) is 0 Å². The van der Waals surface area contributed by atoms with Gasteiger partial charge in [-0.05, 0) is 12.8 Å². The van der Waals surface area contributed by atoms with Crippen LogP contribution >= 0.6 is 0 Å². The molecule has 1 radical (unpaired) electrons. The van der Waals surface area contributed by atoms with E-state index in [-0.39, 0.29) is 0 Å². The van der Waals surface area contributed by atoms with Crippen LogP contribution in [0.15, 0.2) is 0 Å². The molecule has 0 aliphatic rings. The summed E-state index contributed by atoms with van der Waals surface area (Å²) in [5, 5.41) is 0. The summed E-state index contributed by atoms with van der Waals surface area (Å²) >= 11 is 0. The second-order valence-corrected chi connectivity index (χ2v) is 2.88. The highest BCUT2D eigenvalue weighted by molar-refractivity contribution is 5.50. The summed E-state index contributed by atoms with van der Waals surface area (Å²) in [4.78, 5) is 9.85. The third-order valence-electron chi connectivity index (χ3n) is 1.67. The van der Waals surface area contributed by atoms with E-state index in [0.717, 1.165) is 19.3 Å². The van der Waals surface area contributed by atoms with Gasteiger partial charge < -0.3 is 14.2 Å². The number of carbonyl (C=O) groups excluding carboxylic acids is 1. The molecule has 0 saturated carbocycles. The molecular formula is C10H19O4. The Morgan fingerprint density at radius 3 is 2.50 bits per heavy atom. The first kappa shape index (κ1) is 13.5. The van der Waals surface area contributed by atoms with Crippen molar-refractivity contribution in [3.8, 4) is 0 Å². The molecule has 0 aromatic heterocycles. The Bertz CT molecular complexity index is 117. The van der Waals surface area contributed by atoms with E-state index in [2.05, 4.69) is 0 Å². The Balaban J connectivity index is 2.81. The molecule has 0 saturated heterocycles. The Kier molecular flexibility index (Phi) is 12.1. The summed E-state index contributed by atoms with van der Waals surface area (Å²) in [5.41, 5.74) is 0. The van der Waals surface area contributed by atoms with Crippen LogP contribution in [0, 0.1) is 0 Å². The summed E-state index contributed by atoms with van der Waals surface area (Å²) in [7, 11) is 1.63. The van der Waals surface area contributed by atoms with Crippen molar-refractivity contribution in [2.24, 2.45) is 0 Å². The molecule has 0 aromatic rings. The normalized spacial score (nSPS) is 10.4. The van der Waals surface area contributed by atoms with Crippen molar-refractivity contribution in [2.45, 2.75) is 25.7 Å². The van der Waals surface area contributed by atoms with Gasteiger partial charge in [0.1, 0.15) is 6.79 Å². The van der Waals surface area contributed by atoms with Gasteiger partial charge >= 0.3 is 0 Å². The van der Waals surface area contributed by atoms with Crippen molar-refractivity contribution in [3.63, 3.8) is 0 Å². The van der Waals surface area contributed by atoms with Crippen LogP contribution in [0.3, 0.4) is 0 Å². The molecule has 0 unspecified atom stereocenters. The first-order valence-corrected chi connectivity index (χ1v) is 4.91. The van der Waals surface area contributed by atoms with Crippen LogP contribution < -0.4 is 0 Å². The Labute approximate surface area is 85.5 Å². The molecule has 4 heteroatoms. The third-order valence-corrected chi connectivity index (χ3v) is 1.67. The first-order valence-electron chi connectivity index (χ1n) is 4.91. The van der Waals surface area contributed by atoms with Crippen molar-refractivity contribution >= 4 is 6.29 Å². The first-order chi connectivity index (χ1) is 6.91. The predicted octanol–water partition coefficient (Wildman–Crippen LogP) is 1.29. The minimum atomic E-state index is 0.323. The highest BCUT2D eigenvalue weighted by Gasteiger charge is 1.91. The molecular weight excluding hydrogens is 184 g/mol. The molecule has 0 amide bonds. The van der Waals surface area contributed by atoms with E-state index in [4.69, 9.17) is 14.2 Å². The van der Waals surface area contributed by atoms with Crippen LogP contribution in [-0.4, -0.2) is 40.0 Å². The summed E-state index contributed by atoms with van der Waals surface area (Å²) in [5.74, 6) is 0. The molecule has 0 N–H and O–H groups in total. The average Bonchev–Trinajstić information content (AvgIpc) is 2.21. The molecule has 0 rings (SSSR count). The molecule has 0 fully saturated rings. The molecule has 0 atom stereocenters. The maximum absolute atomic E-state index is 9.85. The van der Waals surface area contributed by atoms with E-state index in [9.17, 15) is 4.79 Å². The Morgan fingerprint density at radius 1 is 1.00 bits per heavy atom. The zero-order valence-corrected chi connectivity index (χ0v) is 8.79. The predicted molar refractivity (Wildman–Crippen MR) is 52.8 cm³/mol. The fraction of sp³-hybridized carbons (Fsp3) is 0.900. The van der Waals surface area contributed by atoms with Gasteiger partial charge in [-0.1, -0.05) is 6.42 Å². The number of rotatable bonds is 11. The molecule has 0 aromatic carbocycles. The van der Waals surface area contributed by atoms with Crippen LogP contribution in [-0.2, 0) is 19.0 Å². The van der Waals surface area contributed by atoms with Gasteiger partial charge in [0.05, 0.1) is 13.2 Å². The molecule has 83 valence electrons. The van der Waals surface area contributed by atoms with Crippen molar-refractivity contribution in [2.75, 3.05) is 33.7 Å². The number of methoxy groups -OCH3 is 1. The molecule has 0 bridgehead atoms. The van der Waals surface area contributed by atoms with E-state index >= 15 is 0 Å². The zero-order chi connectivity index (χ0) is 10.5. The van der Waals surface area contributed by atoms with Crippen LogP contribution in [0.2, 0.25) is 0 Å². The summed E-state index contributed by atoms with van der Waals surface area (Å²) in [6.07, 6.45) is 5.27. The van der Waals surface area contributed by atoms with Gasteiger partial charge in [-0.25, -0.2) is 0 Å². The number of hydrogen-bond donors (Lipinski definition) is 0. The number of ether oxygens (including phenoxy) is 3. The van der Waals surface area contributed by atoms with Crippen LogP contribution in [0.5, 0.6) is 0 Å². The maximum Gasteiger partial charge on any atom is 0.198 e. The molecule has 0 aliphatic heterocycles. The second kappa shape index (κ2) is 12.6. The lowest BCUT2D eigenvalue weighted by molar-refractivity contribution is -0.0663. The Hall–Kier alpha value is -0.450. The summed E-state index contributed by atoms with van der Waals surface area (Å²) in [6, 6.07) is 0. The highest BCUT2D eigenvalue weighted by Crippen LogP contribution is 1.97. The summed E-state index contributed by atoms with van der Waals surface area (Å²) in [6.45, 7) is 2.17. The maximum atomic E-state index is 9.85. The highest BCUT2D eigenvalue weighted by atomic mass is 16.7. The molecule has 0 heterocycles. The largest absolute Gasteiger partial charge is 0.382 e. The number of hydrogen-bond acceptors (Lipinski definition) is 4. The van der Waals surface area contributed by atoms with Crippen molar-refractivity contribution in [1.82, 2.24) is 0 Å². The van der Waals surface area contributed by atoms with E-state index in [1.54, 1.807) is 7.11 Å². The van der Waals surface area contributed by atoms with E-state index in [1.165, 1.54) is 0 Å². The van der Waals surface area contributed by atoms with Gasteiger partial charge in [0.25, 0.3) is 0 Å². The van der Waals surface area contributed by atoms with E-state index in [0.29, 0.717) is 33.0 Å². The monoisotopic (exact) mass is 203 g/mol. The van der Waals surface area contributed by atoms with Crippen molar-refractivity contribution < 1.29 is 19.0 Å². The van der Waals surface area contributed by atoms with E-state index < -0.39 is 0 Å². The smallest absolute Gasteiger partial charge is 0.198 e. The average molecular weight is 203 g/mol. The van der Waals surface area contributed by atoms with Gasteiger partial charge in [-0.15, -0.1) is 0 Å². The number of unbranched alkanes of at least 4 members (excludes halogenated alkanes) is 3. The topological polar surface area (TPSA) is 44.8 Å². The molecule has 0 aliphatic carbocycles. The zero-order valence-electron chi connectivity index (χ0n) is 8.79. The van der Waals surface area contributed by atoms with Crippen molar-refractivity contribution in [1.29, 1.82) is 0 Å². The Morgan fingerprint density at radius 2 is 1.79 bits per heavy atom. The fourth-order valence-corrected chi connectivity index (χ4v) is 0.897. The third kappa shape index (κ3) is 11.6. The molecule has 14 heavy (non-hydrogen) atoms. The van der Waals surface area contributed by atoms with Crippen molar-refractivity contribution in [3.05, 3.63) is 0 Å². The lowest BCUT2D eigenvalue weighted by atomic mass is 10.2. The second-order valence-electron chi connectivity index (χ2n) is 2.88. The van der Waals surface area contributed by atoms with Gasteiger partial charge in [0.15, 0.2) is 6.29 Å². The SMILES string of the molecule is COCCOCOCCCCC[C]=O. The van der Waals surface area contributed by atoms with Gasteiger partial charge in [-0.2, -0.15) is 0 Å². The molecule has 4 nitrogen and oxygen atoms in total. The lowest BCUT2D eigenvalue weighted by Gasteiger charge is -2.04. The van der Waals surface area contributed by atoms with Gasteiger partial charge in [0.2, 0.25) is 0 Å². The van der Waals surface area contributed by atoms with Crippen LogP contribution in [0.25, 0.3) is 0 Å². The van der Waals surface area contributed by atoms with E-state index in [1.807, 2.05) is 6.29 Å². The quantitative estimate of drug-likeness (QED) is 0.375. The minimum Gasteiger partial charge on any atom is -0.382 e. The van der Waals surface area contributed by atoms with Crippen LogP contribution in [0.1, 0.15) is 25.7 Å². The van der Waals surface area contributed by atoms with Gasteiger partial charge in [-0.3, -0.25) is 4.79 Å². The van der Waals surface area contributed by atoms with Gasteiger partial charge in [0, 0.05) is 20.1 Å². The standard InChI is InChI=1S/C10H19O4/c1-12-8-9-14-10-13-7-5-3-2-4-6-11/h2-5,7-10H2,1H3. The summed E-state index contributed by atoms with van der Waals surface area (Å²) < 4.78 is 15.1.